The van der Waals surface area contributed by atoms with E-state index in [0.29, 0.717) is 0 Å². The number of benzene rings is 2. The van der Waals surface area contributed by atoms with Crippen LogP contribution in [0.1, 0.15) is 24.1 Å². The van der Waals surface area contributed by atoms with E-state index in [9.17, 15) is 9.59 Å². The summed E-state index contributed by atoms with van der Waals surface area (Å²) in [5.41, 5.74) is 1.88. The smallest absolute Gasteiger partial charge is 0.407 e. The Morgan fingerprint density at radius 2 is 1.71 bits per heavy atom. The Bertz CT molecular complexity index is 703. The molecule has 3 atom stereocenters. The van der Waals surface area contributed by atoms with Crippen LogP contribution >= 0.6 is 0 Å². The summed E-state index contributed by atoms with van der Waals surface area (Å²) >= 11 is 0. The molecule has 24 heavy (non-hydrogen) atoms. The van der Waals surface area contributed by atoms with Crippen LogP contribution in [0.5, 0.6) is 0 Å². The van der Waals surface area contributed by atoms with Crippen LogP contribution in [0.3, 0.4) is 0 Å². The topological polar surface area (TPSA) is 67.4 Å². The molecule has 1 unspecified atom stereocenters. The highest BCUT2D eigenvalue weighted by atomic mass is 16.5. The lowest BCUT2D eigenvalue weighted by atomic mass is 9.95. The average Bonchev–Trinajstić information content (AvgIpc) is 2.90. The summed E-state index contributed by atoms with van der Waals surface area (Å²) in [5.74, 6) is -0.392. The number of ether oxygens (including phenoxy) is 1. The number of carbonyl (C=O) groups is 2. The Balaban J connectivity index is 1.65. The van der Waals surface area contributed by atoms with Crippen LogP contribution in [0.4, 0.5) is 4.79 Å². The lowest BCUT2D eigenvalue weighted by molar-refractivity contribution is -0.122. The molecule has 2 N–H and O–H groups in total. The first-order valence-electron chi connectivity index (χ1n) is 7.97. The van der Waals surface area contributed by atoms with E-state index in [-0.39, 0.29) is 30.5 Å². The van der Waals surface area contributed by atoms with Gasteiger partial charge < -0.3 is 15.4 Å². The number of alkyl carbamates (subject to hydrolysis) is 1. The van der Waals surface area contributed by atoms with Crippen molar-refractivity contribution in [1.29, 1.82) is 0 Å². The predicted molar refractivity (Wildman–Crippen MR) is 90.0 cm³/mol. The minimum Gasteiger partial charge on any atom is -0.445 e. The first kappa shape index (κ1) is 16.1. The van der Waals surface area contributed by atoms with Crippen LogP contribution < -0.4 is 10.6 Å². The molecule has 0 aromatic heterocycles. The number of hydrogen-bond acceptors (Lipinski definition) is 3. The van der Waals surface area contributed by atoms with Gasteiger partial charge in [0.25, 0.3) is 0 Å². The second-order valence-corrected chi connectivity index (χ2v) is 5.92. The molecule has 0 saturated carbocycles. The van der Waals surface area contributed by atoms with Gasteiger partial charge in [0.15, 0.2) is 0 Å². The molecule has 1 saturated heterocycles. The van der Waals surface area contributed by atoms with Crippen molar-refractivity contribution in [3.05, 3.63) is 71.8 Å². The highest BCUT2D eigenvalue weighted by Gasteiger charge is 2.41. The summed E-state index contributed by atoms with van der Waals surface area (Å²) in [6, 6.07) is 18.5. The Hall–Kier alpha value is -2.82. The first-order valence-corrected chi connectivity index (χ1v) is 7.97. The SMILES string of the molecule is C[C@@H]1C(=O)NC(c2ccccc2)[C@H]1NC(=O)OCc1ccccc1. The van der Waals surface area contributed by atoms with Crippen molar-refractivity contribution in [1.82, 2.24) is 10.6 Å². The molecule has 0 aliphatic carbocycles. The van der Waals surface area contributed by atoms with Gasteiger partial charge in [-0.1, -0.05) is 67.6 Å². The van der Waals surface area contributed by atoms with E-state index in [0.717, 1.165) is 11.1 Å². The highest BCUT2D eigenvalue weighted by molar-refractivity contribution is 5.83. The quantitative estimate of drug-likeness (QED) is 0.909. The van der Waals surface area contributed by atoms with Gasteiger partial charge in [-0.3, -0.25) is 4.79 Å². The normalized spacial score (nSPS) is 22.7. The summed E-state index contributed by atoms with van der Waals surface area (Å²) in [6.07, 6.45) is -0.520. The molecule has 1 aliphatic rings. The van der Waals surface area contributed by atoms with Gasteiger partial charge in [-0.25, -0.2) is 4.79 Å². The van der Waals surface area contributed by atoms with E-state index < -0.39 is 6.09 Å². The highest BCUT2D eigenvalue weighted by Crippen LogP contribution is 2.28. The van der Waals surface area contributed by atoms with Crippen molar-refractivity contribution < 1.29 is 14.3 Å². The van der Waals surface area contributed by atoms with Gasteiger partial charge in [0.05, 0.1) is 18.0 Å². The zero-order chi connectivity index (χ0) is 16.9. The number of carbonyl (C=O) groups excluding carboxylic acids is 2. The minimum absolute atomic E-state index is 0.0720. The van der Waals surface area contributed by atoms with Crippen LogP contribution in [0.2, 0.25) is 0 Å². The van der Waals surface area contributed by atoms with Crippen LogP contribution in [-0.4, -0.2) is 18.0 Å². The molecule has 1 heterocycles. The van der Waals surface area contributed by atoms with Gasteiger partial charge >= 0.3 is 6.09 Å². The van der Waals surface area contributed by atoms with Crippen LogP contribution in [0.25, 0.3) is 0 Å². The van der Waals surface area contributed by atoms with Crippen LogP contribution in [-0.2, 0) is 16.1 Å². The standard InChI is InChI=1S/C19H20N2O3/c1-13-16(17(20-18(13)22)15-10-6-3-7-11-15)21-19(23)24-12-14-8-4-2-5-9-14/h2-11,13,16-17H,12H2,1H3,(H,20,22)(H,21,23)/t13-,16-,17?/m0/s1. The summed E-state index contributed by atoms with van der Waals surface area (Å²) in [4.78, 5) is 24.2. The molecule has 0 bridgehead atoms. The zero-order valence-electron chi connectivity index (χ0n) is 13.4. The van der Waals surface area contributed by atoms with E-state index in [1.807, 2.05) is 60.7 Å². The fourth-order valence-corrected chi connectivity index (χ4v) is 2.89. The number of rotatable bonds is 4. The van der Waals surface area contributed by atoms with E-state index in [2.05, 4.69) is 10.6 Å². The Morgan fingerprint density at radius 1 is 1.08 bits per heavy atom. The van der Waals surface area contributed by atoms with Crippen molar-refractivity contribution >= 4 is 12.0 Å². The second-order valence-electron chi connectivity index (χ2n) is 5.92. The molecule has 5 nitrogen and oxygen atoms in total. The Labute approximate surface area is 141 Å². The molecule has 0 spiro atoms. The first-order chi connectivity index (χ1) is 11.6. The molecular formula is C19H20N2O3. The number of amides is 2. The van der Waals surface area contributed by atoms with E-state index in [4.69, 9.17) is 4.74 Å². The van der Waals surface area contributed by atoms with Crippen molar-refractivity contribution in [2.75, 3.05) is 0 Å². The average molecular weight is 324 g/mol. The molecule has 2 aromatic rings. The zero-order valence-corrected chi connectivity index (χ0v) is 13.4. The second kappa shape index (κ2) is 7.17. The van der Waals surface area contributed by atoms with Crippen molar-refractivity contribution in [3.8, 4) is 0 Å². The molecule has 2 aromatic carbocycles. The summed E-state index contributed by atoms with van der Waals surface area (Å²) in [5, 5.41) is 5.77. The molecule has 0 radical (unpaired) electrons. The van der Waals surface area contributed by atoms with E-state index >= 15 is 0 Å². The molecule has 1 aliphatic heterocycles. The number of hydrogen-bond donors (Lipinski definition) is 2. The molecular weight excluding hydrogens is 304 g/mol. The molecule has 3 rings (SSSR count). The molecule has 124 valence electrons. The minimum atomic E-state index is -0.520. The fourth-order valence-electron chi connectivity index (χ4n) is 2.89. The third-order valence-corrected chi connectivity index (χ3v) is 4.27. The summed E-state index contributed by atoms with van der Waals surface area (Å²) in [6.45, 7) is 2.01. The third-order valence-electron chi connectivity index (χ3n) is 4.27. The van der Waals surface area contributed by atoms with Crippen molar-refractivity contribution in [2.45, 2.75) is 25.6 Å². The fraction of sp³-hybridized carbons (Fsp3) is 0.263. The maximum Gasteiger partial charge on any atom is 0.407 e. The molecule has 2 amide bonds. The monoisotopic (exact) mass is 324 g/mol. The Kier molecular flexibility index (Phi) is 4.79. The van der Waals surface area contributed by atoms with Gasteiger partial charge in [-0.05, 0) is 11.1 Å². The van der Waals surface area contributed by atoms with Gasteiger partial charge in [-0.15, -0.1) is 0 Å². The maximum absolute atomic E-state index is 12.1. The van der Waals surface area contributed by atoms with Gasteiger partial charge in [-0.2, -0.15) is 0 Å². The third kappa shape index (κ3) is 3.56. The predicted octanol–water partition coefficient (Wildman–Crippen LogP) is 2.79. The van der Waals surface area contributed by atoms with Crippen molar-refractivity contribution in [2.24, 2.45) is 5.92 Å². The molecule has 5 heteroatoms. The van der Waals surface area contributed by atoms with Gasteiger partial charge in [0.1, 0.15) is 6.61 Å². The molecule has 1 fully saturated rings. The number of nitrogens with one attached hydrogen (secondary N) is 2. The summed E-state index contributed by atoms with van der Waals surface area (Å²) < 4.78 is 5.27. The largest absolute Gasteiger partial charge is 0.445 e. The van der Waals surface area contributed by atoms with Gasteiger partial charge in [0.2, 0.25) is 5.91 Å². The Morgan fingerprint density at radius 3 is 2.38 bits per heavy atom. The maximum atomic E-state index is 12.1. The van der Waals surface area contributed by atoms with Gasteiger partial charge in [0, 0.05) is 0 Å². The lowest BCUT2D eigenvalue weighted by Crippen LogP contribution is -2.41. The van der Waals surface area contributed by atoms with Crippen LogP contribution in [0, 0.1) is 5.92 Å². The van der Waals surface area contributed by atoms with E-state index in [1.54, 1.807) is 6.92 Å². The lowest BCUT2D eigenvalue weighted by Gasteiger charge is -2.22. The van der Waals surface area contributed by atoms with E-state index in [1.165, 1.54) is 0 Å². The summed E-state index contributed by atoms with van der Waals surface area (Å²) in [7, 11) is 0. The van der Waals surface area contributed by atoms with Crippen LogP contribution in [0.15, 0.2) is 60.7 Å². The van der Waals surface area contributed by atoms with Crippen molar-refractivity contribution in [3.63, 3.8) is 0 Å².